The first-order valence-electron chi connectivity index (χ1n) is 4.74. The maximum Gasteiger partial charge on any atom is 0.267 e. The lowest BCUT2D eigenvalue weighted by atomic mass is 9.99. The summed E-state index contributed by atoms with van der Waals surface area (Å²) in [6, 6.07) is 0. The summed E-state index contributed by atoms with van der Waals surface area (Å²) in [4.78, 5) is 11.0. The van der Waals surface area contributed by atoms with Crippen molar-refractivity contribution in [2.45, 2.75) is 19.1 Å². The zero-order valence-corrected chi connectivity index (χ0v) is 8.30. The van der Waals surface area contributed by atoms with Crippen LogP contribution >= 0.6 is 0 Å². The third-order valence-corrected chi connectivity index (χ3v) is 2.65. The van der Waals surface area contributed by atoms with Crippen LogP contribution in [0.5, 0.6) is 0 Å². The molecule has 1 aliphatic rings. The highest BCUT2D eigenvalue weighted by Crippen LogP contribution is 2.33. The van der Waals surface area contributed by atoms with Crippen LogP contribution in [0.1, 0.15) is 29.1 Å². The van der Waals surface area contributed by atoms with Gasteiger partial charge in [-0.2, -0.15) is 5.10 Å². The molecule has 0 bridgehead atoms. The van der Waals surface area contributed by atoms with E-state index in [9.17, 15) is 9.90 Å². The smallest absolute Gasteiger partial charge is 0.267 e. The van der Waals surface area contributed by atoms with Crippen molar-refractivity contribution < 1.29 is 14.6 Å². The van der Waals surface area contributed by atoms with Gasteiger partial charge < -0.3 is 15.6 Å². The van der Waals surface area contributed by atoms with Gasteiger partial charge in [-0.15, -0.1) is 0 Å². The highest BCUT2D eigenvalue weighted by molar-refractivity contribution is 5.92. The standard InChI is InChI=1S/C9H13N3O3/c1-4-3-15-8(7(4)13)5-2-11-12-6(5)9(10)14/h2,4,7-8,13H,3H2,1H3,(H2,10,14)(H,11,12)/t4-,7+,8-/m0/s1. The van der Waals surface area contributed by atoms with E-state index in [1.165, 1.54) is 6.20 Å². The molecule has 6 nitrogen and oxygen atoms in total. The number of nitrogens with zero attached hydrogens (tertiary/aromatic N) is 1. The van der Waals surface area contributed by atoms with E-state index >= 15 is 0 Å². The van der Waals surface area contributed by atoms with E-state index in [2.05, 4.69) is 10.2 Å². The van der Waals surface area contributed by atoms with E-state index < -0.39 is 18.1 Å². The number of aromatic nitrogens is 2. The van der Waals surface area contributed by atoms with E-state index in [4.69, 9.17) is 10.5 Å². The van der Waals surface area contributed by atoms with Crippen LogP contribution in [0, 0.1) is 5.92 Å². The number of hydrogen-bond acceptors (Lipinski definition) is 4. The SMILES string of the molecule is C[C@H]1CO[C@@H](c2cn[nH]c2C(N)=O)[C@@H]1O. The first-order valence-corrected chi connectivity index (χ1v) is 4.74. The fourth-order valence-electron chi connectivity index (χ4n) is 1.73. The van der Waals surface area contributed by atoms with Gasteiger partial charge in [0.15, 0.2) is 0 Å². The van der Waals surface area contributed by atoms with Crippen LogP contribution in [0.2, 0.25) is 0 Å². The van der Waals surface area contributed by atoms with Crippen molar-refractivity contribution >= 4 is 5.91 Å². The predicted octanol–water partition coefficient (Wildman–Crippen LogP) is -0.423. The fraction of sp³-hybridized carbons (Fsp3) is 0.556. The Morgan fingerprint density at radius 1 is 1.80 bits per heavy atom. The number of aromatic amines is 1. The quantitative estimate of drug-likeness (QED) is 0.618. The number of aliphatic hydroxyl groups is 1. The third-order valence-electron chi connectivity index (χ3n) is 2.65. The Labute approximate surface area is 86.4 Å². The highest BCUT2D eigenvalue weighted by Gasteiger charge is 2.36. The molecule has 1 aliphatic heterocycles. The zero-order chi connectivity index (χ0) is 11.0. The summed E-state index contributed by atoms with van der Waals surface area (Å²) < 4.78 is 5.39. The molecule has 3 atom stereocenters. The van der Waals surface area contributed by atoms with Gasteiger partial charge in [-0.25, -0.2) is 0 Å². The van der Waals surface area contributed by atoms with Gasteiger partial charge in [-0.3, -0.25) is 9.89 Å². The second-order valence-electron chi connectivity index (χ2n) is 3.79. The molecule has 15 heavy (non-hydrogen) atoms. The molecule has 0 aromatic carbocycles. The van der Waals surface area contributed by atoms with E-state index in [1.54, 1.807) is 0 Å². The molecule has 6 heteroatoms. The number of primary amides is 1. The largest absolute Gasteiger partial charge is 0.390 e. The van der Waals surface area contributed by atoms with Gasteiger partial charge >= 0.3 is 0 Å². The number of amides is 1. The Bertz CT molecular complexity index is 376. The molecule has 0 radical (unpaired) electrons. The summed E-state index contributed by atoms with van der Waals surface area (Å²) >= 11 is 0. The van der Waals surface area contributed by atoms with Gasteiger partial charge in [-0.05, 0) is 0 Å². The first kappa shape index (κ1) is 10.1. The lowest BCUT2D eigenvalue weighted by molar-refractivity contribution is 0.0382. The average molecular weight is 211 g/mol. The van der Waals surface area contributed by atoms with Crippen LogP contribution in [0.25, 0.3) is 0 Å². The highest BCUT2D eigenvalue weighted by atomic mass is 16.5. The molecule has 0 unspecified atom stereocenters. The molecule has 82 valence electrons. The number of hydrogen-bond donors (Lipinski definition) is 3. The summed E-state index contributed by atoms with van der Waals surface area (Å²) in [6.45, 7) is 2.35. The average Bonchev–Trinajstić information content (AvgIpc) is 2.75. The monoisotopic (exact) mass is 211 g/mol. The van der Waals surface area contributed by atoms with Crippen LogP contribution in [0.3, 0.4) is 0 Å². The van der Waals surface area contributed by atoms with Gasteiger partial charge in [0.2, 0.25) is 0 Å². The maximum atomic E-state index is 11.0. The summed E-state index contributed by atoms with van der Waals surface area (Å²) in [7, 11) is 0. The number of nitrogens with one attached hydrogen (secondary N) is 1. The van der Waals surface area contributed by atoms with Crippen LogP contribution in [0.15, 0.2) is 6.20 Å². The summed E-state index contributed by atoms with van der Waals surface area (Å²) in [6.07, 6.45) is 0.327. The number of rotatable bonds is 2. The van der Waals surface area contributed by atoms with Crippen molar-refractivity contribution in [2.24, 2.45) is 11.7 Å². The number of H-pyrrole nitrogens is 1. The minimum Gasteiger partial charge on any atom is -0.390 e. The lowest BCUT2D eigenvalue weighted by Gasteiger charge is -2.14. The molecule has 1 amide bonds. The van der Waals surface area contributed by atoms with Gasteiger partial charge in [-0.1, -0.05) is 6.92 Å². The molecule has 1 aromatic heterocycles. The maximum absolute atomic E-state index is 11.0. The molecule has 4 N–H and O–H groups in total. The van der Waals surface area contributed by atoms with E-state index in [0.29, 0.717) is 12.2 Å². The van der Waals surface area contributed by atoms with Gasteiger partial charge in [0.25, 0.3) is 5.91 Å². The second kappa shape index (κ2) is 3.63. The molecule has 1 fully saturated rings. The molecule has 2 rings (SSSR count). The number of nitrogens with two attached hydrogens (primary N) is 1. The van der Waals surface area contributed by atoms with Gasteiger partial charge in [0, 0.05) is 11.5 Å². The molecule has 0 aliphatic carbocycles. The number of ether oxygens (including phenoxy) is 1. The number of aliphatic hydroxyl groups excluding tert-OH is 1. The van der Waals surface area contributed by atoms with Gasteiger partial charge in [0.1, 0.15) is 11.8 Å². The lowest BCUT2D eigenvalue weighted by Crippen LogP contribution is -2.21. The third kappa shape index (κ3) is 1.62. The van der Waals surface area contributed by atoms with E-state index in [0.717, 1.165) is 0 Å². The predicted molar refractivity (Wildman–Crippen MR) is 51.0 cm³/mol. The molecule has 2 heterocycles. The Kier molecular flexibility index (Phi) is 2.45. The minimum atomic E-state index is -0.624. The van der Waals surface area contributed by atoms with Crippen molar-refractivity contribution in [1.82, 2.24) is 10.2 Å². The summed E-state index contributed by atoms with van der Waals surface area (Å²) in [5, 5.41) is 16.0. The molecule has 1 aromatic rings. The van der Waals surface area contributed by atoms with Crippen LogP contribution < -0.4 is 5.73 Å². The number of carbonyl (C=O) groups is 1. The number of carbonyl (C=O) groups excluding carboxylic acids is 1. The van der Waals surface area contributed by atoms with Crippen LogP contribution in [-0.4, -0.2) is 33.9 Å². The van der Waals surface area contributed by atoms with Crippen molar-refractivity contribution in [2.75, 3.05) is 6.61 Å². The second-order valence-corrected chi connectivity index (χ2v) is 3.79. The Hall–Kier alpha value is -1.40. The van der Waals surface area contributed by atoms with E-state index in [1.807, 2.05) is 6.92 Å². The topological polar surface area (TPSA) is 101 Å². The summed E-state index contributed by atoms with van der Waals surface area (Å²) in [5.41, 5.74) is 5.89. The Balaban J connectivity index is 2.30. The van der Waals surface area contributed by atoms with Gasteiger partial charge in [0.05, 0.1) is 18.9 Å². The molecule has 0 saturated carbocycles. The van der Waals surface area contributed by atoms with E-state index in [-0.39, 0.29) is 11.6 Å². The van der Waals surface area contributed by atoms with Crippen molar-refractivity contribution in [3.8, 4) is 0 Å². The molecular formula is C9H13N3O3. The summed E-state index contributed by atoms with van der Waals surface area (Å²) in [5.74, 6) is -0.552. The molecule has 0 spiro atoms. The minimum absolute atomic E-state index is 0.0469. The Morgan fingerprint density at radius 2 is 2.53 bits per heavy atom. The first-order chi connectivity index (χ1) is 7.11. The normalized spacial score (nSPS) is 30.7. The zero-order valence-electron chi connectivity index (χ0n) is 8.30. The fourth-order valence-corrected chi connectivity index (χ4v) is 1.73. The van der Waals surface area contributed by atoms with Crippen molar-refractivity contribution in [3.63, 3.8) is 0 Å². The van der Waals surface area contributed by atoms with Crippen LogP contribution in [-0.2, 0) is 4.74 Å². The van der Waals surface area contributed by atoms with Crippen molar-refractivity contribution in [1.29, 1.82) is 0 Å². The molecule has 1 saturated heterocycles. The van der Waals surface area contributed by atoms with Crippen LogP contribution in [0.4, 0.5) is 0 Å². The molecular weight excluding hydrogens is 198 g/mol. The van der Waals surface area contributed by atoms with Crippen molar-refractivity contribution in [3.05, 3.63) is 17.5 Å². The Morgan fingerprint density at radius 3 is 3.07 bits per heavy atom.